The third-order valence-corrected chi connectivity index (χ3v) is 4.58. The molecule has 152 valence electrons. The Bertz CT molecular complexity index is 1470. The zero-order chi connectivity index (χ0) is 21.6. The molecule has 5 aromatic rings. The second kappa shape index (κ2) is 11.0. The third-order valence-electron chi connectivity index (χ3n) is 4.58. The Kier molecular flexibility index (Phi) is 8.08. The van der Waals surface area contributed by atoms with Crippen molar-refractivity contribution in [2.24, 2.45) is 0 Å². The van der Waals surface area contributed by atoms with Crippen LogP contribution in [-0.4, -0.2) is 27.6 Å². The molecule has 0 aliphatic carbocycles. The van der Waals surface area contributed by atoms with Crippen molar-refractivity contribution in [3.05, 3.63) is 102 Å². The van der Waals surface area contributed by atoms with Gasteiger partial charge in [-0.1, -0.05) is 66.7 Å². The van der Waals surface area contributed by atoms with E-state index in [1.165, 1.54) is 10.9 Å². The van der Waals surface area contributed by atoms with Crippen molar-refractivity contribution in [2.75, 3.05) is 0 Å². The topological polar surface area (TPSA) is 81.9 Å². The molecule has 0 N–H and O–H groups in total. The maximum Gasteiger partial charge on any atom is 1.00 e. The van der Waals surface area contributed by atoms with E-state index in [-0.39, 0.29) is 29.6 Å². The fourth-order valence-corrected chi connectivity index (χ4v) is 3.17. The Morgan fingerprint density at radius 2 is 1.50 bits per heavy atom. The molecule has 8 heteroatoms. The third kappa shape index (κ3) is 5.77. The molecule has 0 amide bonds. The van der Waals surface area contributed by atoms with Gasteiger partial charge in [0.05, 0.1) is 0 Å². The summed E-state index contributed by atoms with van der Waals surface area (Å²) in [5, 5.41) is 11.6. The predicted octanol–water partition coefficient (Wildman–Crippen LogP) is 1.54. The molecular weight excluding hydrogens is 433 g/mol. The van der Waals surface area contributed by atoms with Gasteiger partial charge in [0, 0.05) is 11.1 Å². The monoisotopic (exact) mass is 449 g/mol. The predicted molar refractivity (Wildman–Crippen MR) is 120 cm³/mol. The number of hydrogen-bond acceptors (Lipinski definition) is 5. The van der Waals surface area contributed by atoms with Crippen LogP contribution < -0.4 is 29.6 Å². The van der Waals surface area contributed by atoms with Crippen molar-refractivity contribution >= 4 is 44.6 Å². The van der Waals surface area contributed by atoms with Crippen LogP contribution in [0.4, 0.5) is 0 Å². The smallest absolute Gasteiger partial charge is 0.192 e. The van der Waals surface area contributed by atoms with Crippen molar-refractivity contribution in [3.63, 3.8) is 0 Å². The summed E-state index contributed by atoms with van der Waals surface area (Å²) in [4.78, 5) is 1.68. The van der Waals surface area contributed by atoms with Crippen LogP contribution in [0, 0.1) is 6.07 Å². The molecule has 0 radical (unpaired) electrons. The number of hydrogen-bond donors (Lipinski definition) is 0. The molecule has 5 rings (SSSR count). The van der Waals surface area contributed by atoms with E-state index in [0.717, 1.165) is 27.7 Å². The van der Waals surface area contributed by atoms with Gasteiger partial charge in [-0.2, -0.15) is 20.6 Å². The molecule has 1 aromatic heterocycles. The SMILES string of the molecule is O=S(=O)=O.[Na+].[c-]1cc(-n2nc3ccc4ccccc4c3n2)ccc1/C=C/c1ccccc1. The molecule has 0 spiro atoms. The summed E-state index contributed by atoms with van der Waals surface area (Å²) in [6.45, 7) is 0. The minimum absolute atomic E-state index is 0. The van der Waals surface area contributed by atoms with Crippen molar-refractivity contribution in [1.29, 1.82) is 0 Å². The van der Waals surface area contributed by atoms with E-state index >= 15 is 0 Å². The van der Waals surface area contributed by atoms with Crippen LogP contribution in [0.2, 0.25) is 0 Å². The normalized spacial score (nSPS) is 10.5. The molecule has 0 atom stereocenters. The molecule has 0 unspecified atom stereocenters. The van der Waals surface area contributed by atoms with Gasteiger partial charge in [0.1, 0.15) is 11.0 Å². The van der Waals surface area contributed by atoms with E-state index < -0.39 is 10.6 Å². The molecule has 4 aromatic carbocycles. The zero-order valence-electron chi connectivity index (χ0n) is 17.2. The van der Waals surface area contributed by atoms with Gasteiger partial charge in [-0.05, 0) is 17.0 Å². The van der Waals surface area contributed by atoms with Gasteiger partial charge in [0.15, 0.2) is 0 Å². The maximum absolute atomic E-state index is 8.44. The Balaban J connectivity index is 0.000000536. The Labute approximate surface area is 208 Å². The van der Waals surface area contributed by atoms with Crippen LogP contribution in [0.1, 0.15) is 11.1 Å². The minimum Gasteiger partial charge on any atom is -0.192 e. The molecule has 6 nitrogen and oxygen atoms in total. The summed E-state index contributed by atoms with van der Waals surface area (Å²) in [7, 11) is -3.11. The summed E-state index contributed by atoms with van der Waals surface area (Å²) in [5.41, 5.74) is 4.89. The molecule has 0 bridgehead atoms. The Hall–Kier alpha value is -3.10. The van der Waals surface area contributed by atoms with Crippen LogP contribution in [0.25, 0.3) is 39.6 Å². The van der Waals surface area contributed by atoms with Crippen molar-refractivity contribution in [3.8, 4) is 5.69 Å². The first kappa shape index (κ1) is 23.6. The van der Waals surface area contributed by atoms with E-state index in [0.29, 0.717) is 0 Å². The molecule has 0 saturated heterocycles. The minimum atomic E-state index is -3.11. The molecule has 0 aliphatic heterocycles. The van der Waals surface area contributed by atoms with Crippen LogP contribution in [-0.2, 0) is 10.6 Å². The Morgan fingerprint density at radius 3 is 2.22 bits per heavy atom. The zero-order valence-corrected chi connectivity index (χ0v) is 20.0. The van der Waals surface area contributed by atoms with Gasteiger partial charge < -0.3 is 0 Å². The van der Waals surface area contributed by atoms with Crippen molar-refractivity contribution < 1.29 is 42.2 Å². The number of benzene rings is 4. The van der Waals surface area contributed by atoms with E-state index in [2.05, 4.69) is 53.6 Å². The molecule has 32 heavy (non-hydrogen) atoms. The average molecular weight is 449 g/mol. The number of fused-ring (bicyclic) bond motifs is 3. The van der Waals surface area contributed by atoms with E-state index in [4.69, 9.17) is 17.7 Å². The maximum atomic E-state index is 8.44. The molecule has 0 fully saturated rings. The first-order chi connectivity index (χ1) is 15.1. The second-order valence-corrected chi connectivity index (χ2v) is 7.00. The summed E-state index contributed by atoms with van der Waals surface area (Å²) in [6.07, 6.45) is 4.14. The molecular formula is C24H16N3NaO3S. The van der Waals surface area contributed by atoms with Gasteiger partial charge in [-0.3, -0.25) is 0 Å². The number of nitrogens with zero attached hydrogens (tertiary/aromatic N) is 3. The van der Waals surface area contributed by atoms with Crippen molar-refractivity contribution in [1.82, 2.24) is 15.0 Å². The van der Waals surface area contributed by atoms with Gasteiger partial charge in [0.2, 0.25) is 0 Å². The van der Waals surface area contributed by atoms with E-state index in [1.54, 1.807) is 4.80 Å². The van der Waals surface area contributed by atoms with Crippen molar-refractivity contribution in [2.45, 2.75) is 0 Å². The van der Waals surface area contributed by atoms with E-state index in [9.17, 15) is 0 Å². The van der Waals surface area contributed by atoms with Crippen LogP contribution in [0.3, 0.4) is 0 Å². The van der Waals surface area contributed by atoms with Gasteiger partial charge in [-0.25, -0.2) is 0 Å². The summed E-state index contributed by atoms with van der Waals surface area (Å²) < 4.78 is 25.3. The fourth-order valence-electron chi connectivity index (χ4n) is 3.17. The standard InChI is InChI=1S/C24H16N3.Na.O3S/c1-2-6-18(7-3-1)10-11-19-12-15-21(16-13-19)27-25-23-17-14-20-8-4-5-9-22(20)24(23)26-27;;1-4(2)3/h1-12,14-17H;;/q-1;+1;/b11-10+;;. The van der Waals surface area contributed by atoms with Gasteiger partial charge in [0.25, 0.3) is 0 Å². The number of rotatable bonds is 3. The van der Waals surface area contributed by atoms with Gasteiger partial charge >= 0.3 is 40.2 Å². The van der Waals surface area contributed by atoms with Crippen LogP contribution >= 0.6 is 0 Å². The fraction of sp³-hybridized carbons (Fsp3) is 0. The molecule has 0 aliphatic rings. The first-order valence-corrected chi connectivity index (χ1v) is 10.4. The van der Waals surface area contributed by atoms with Crippen LogP contribution in [0.15, 0.2) is 84.9 Å². The van der Waals surface area contributed by atoms with Crippen LogP contribution in [0.5, 0.6) is 0 Å². The quantitative estimate of drug-likeness (QED) is 0.237. The number of aromatic nitrogens is 3. The van der Waals surface area contributed by atoms with E-state index in [1.807, 2.05) is 54.6 Å². The second-order valence-electron chi connectivity index (χ2n) is 6.59. The van der Waals surface area contributed by atoms with Gasteiger partial charge in [-0.15, -0.1) is 43.0 Å². The largest absolute Gasteiger partial charge is 1.00 e. The first-order valence-electron chi connectivity index (χ1n) is 9.37. The Morgan fingerprint density at radius 1 is 0.781 bits per heavy atom. The summed E-state index contributed by atoms with van der Waals surface area (Å²) in [6, 6.07) is 31.8. The summed E-state index contributed by atoms with van der Waals surface area (Å²) in [5.74, 6) is 0. The molecule has 1 heterocycles. The average Bonchev–Trinajstić information content (AvgIpc) is 3.23. The molecule has 0 saturated carbocycles. The summed E-state index contributed by atoms with van der Waals surface area (Å²) >= 11 is 0.